The van der Waals surface area contributed by atoms with E-state index >= 15 is 0 Å². The molecule has 2 heterocycles. The lowest BCUT2D eigenvalue weighted by Crippen LogP contribution is -2.55. The van der Waals surface area contributed by atoms with Gasteiger partial charge >= 0.3 is 0 Å². The minimum Gasteiger partial charge on any atom is -0.365 e. The van der Waals surface area contributed by atoms with E-state index in [-0.39, 0.29) is 17.0 Å². The largest absolute Gasteiger partial charge is 0.365 e. The number of benzene rings is 1. The number of primary amides is 1. The van der Waals surface area contributed by atoms with Gasteiger partial charge in [0, 0.05) is 20.4 Å². The molecule has 0 saturated carbocycles. The average molecular weight is 436 g/mol. The van der Waals surface area contributed by atoms with E-state index in [0.717, 1.165) is 10.4 Å². The number of nitrogens with two attached hydrogens (primary N) is 1. The third-order valence-electron chi connectivity index (χ3n) is 4.44. The zero-order valence-electron chi connectivity index (χ0n) is 15.2. The van der Waals surface area contributed by atoms with E-state index in [4.69, 9.17) is 5.73 Å². The van der Waals surface area contributed by atoms with Crippen molar-refractivity contribution < 1.29 is 9.59 Å². The Morgan fingerprint density at radius 3 is 2.50 bits per heavy atom. The van der Waals surface area contributed by atoms with Crippen LogP contribution in [0.5, 0.6) is 0 Å². The van der Waals surface area contributed by atoms with Gasteiger partial charge in [-0.25, -0.2) is 0 Å². The van der Waals surface area contributed by atoms with Gasteiger partial charge in [0.1, 0.15) is 5.00 Å². The number of amides is 2. The van der Waals surface area contributed by atoms with Crippen LogP contribution < -0.4 is 16.4 Å². The van der Waals surface area contributed by atoms with Crippen molar-refractivity contribution in [2.75, 3.05) is 5.32 Å². The van der Waals surface area contributed by atoms with Crippen molar-refractivity contribution >= 4 is 44.1 Å². The molecular weight excluding hydrogens is 414 g/mol. The molecule has 0 fully saturated rings. The molecule has 2 aromatic rings. The molecule has 2 amide bonds. The van der Waals surface area contributed by atoms with Crippen LogP contribution in [0, 0.1) is 0 Å². The monoisotopic (exact) mass is 435 g/mol. The quantitative estimate of drug-likeness (QED) is 0.680. The average Bonchev–Trinajstić information content (AvgIpc) is 2.84. The van der Waals surface area contributed by atoms with Gasteiger partial charge in [0.25, 0.3) is 11.8 Å². The summed E-state index contributed by atoms with van der Waals surface area (Å²) in [6.45, 7) is 8.35. The van der Waals surface area contributed by atoms with Gasteiger partial charge in [-0.2, -0.15) is 0 Å². The number of thiophene rings is 1. The van der Waals surface area contributed by atoms with Crippen molar-refractivity contribution in [2.45, 2.75) is 45.2 Å². The zero-order valence-corrected chi connectivity index (χ0v) is 17.6. The lowest BCUT2D eigenvalue weighted by Gasteiger charge is -2.42. The number of nitrogens with one attached hydrogen (secondary N) is 2. The highest BCUT2D eigenvalue weighted by Crippen LogP contribution is 2.45. The van der Waals surface area contributed by atoms with Gasteiger partial charge in [-0.05, 0) is 67.7 Å². The van der Waals surface area contributed by atoms with E-state index in [1.807, 2.05) is 6.07 Å². The Kier molecular flexibility index (Phi) is 4.75. The topological polar surface area (TPSA) is 84.2 Å². The first-order valence-electron chi connectivity index (χ1n) is 8.33. The normalized spacial score (nSPS) is 17.4. The van der Waals surface area contributed by atoms with Gasteiger partial charge in [0.05, 0.1) is 11.1 Å². The van der Waals surface area contributed by atoms with Crippen LogP contribution >= 0.6 is 27.3 Å². The highest BCUT2D eigenvalue weighted by molar-refractivity contribution is 9.10. The zero-order chi connectivity index (χ0) is 19.3. The summed E-state index contributed by atoms with van der Waals surface area (Å²) in [7, 11) is 0. The lowest BCUT2D eigenvalue weighted by molar-refractivity contribution is 0.0999. The van der Waals surface area contributed by atoms with Crippen molar-refractivity contribution in [3.05, 3.63) is 50.3 Å². The smallest absolute Gasteiger partial charge is 0.257 e. The number of anilines is 1. The van der Waals surface area contributed by atoms with Gasteiger partial charge in [-0.3, -0.25) is 9.59 Å². The van der Waals surface area contributed by atoms with Crippen molar-refractivity contribution in [2.24, 2.45) is 5.73 Å². The summed E-state index contributed by atoms with van der Waals surface area (Å²) in [5.41, 5.74) is 7.06. The van der Waals surface area contributed by atoms with Gasteiger partial charge in [-0.1, -0.05) is 12.1 Å². The number of fused-ring (bicyclic) bond motifs is 1. The Balaban J connectivity index is 2.07. The molecule has 0 aliphatic carbocycles. The minimum atomic E-state index is -0.515. The maximum absolute atomic E-state index is 12.7. The van der Waals surface area contributed by atoms with Gasteiger partial charge in [-0.15, -0.1) is 11.3 Å². The fraction of sp³-hybridized carbons (Fsp3) is 0.368. The summed E-state index contributed by atoms with van der Waals surface area (Å²) in [4.78, 5) is 26.0. The van der Waals surface area contributed by atoms with Crippen LogP contribution in [0.4, 0.5) is 5.00 Å². The number of carbonyl (C=O) groups excluding carboxylic acids is 2. The Hall–Kier alpha value is -1.70. The maximum Gasteiger partial charge on any atom is 0.257 e. The molecule has 1 aliphatic rings. The summed E-state index contributed by atoms with van der Waals surface area (Å²) in [6.07, 6.45) is 0.672. The number of rotatable bonds is 3. The van der Waals surface area contributed by atoms with E-state index in [9.17, 15) is 9.59 Å². The number of hydrogen-bond acceptors (Lipinski definition) is 4. The summed E-state index contributed by atoms with van der Waals surface area (Å²) in [6, 6.07) is 7.17. The summed E-state index contributed by atoms with van der Waals surface area (Å²) < 4.78 is 0.697. The molecule has 7 heteroatoms. The highest BCUT2D eigenvalue weighted by Gasteiger charge is 2.41. The molecule has 0 unspecified atom stereocenters. The van der Waals surface area contributed by atoms with Crippen LogP contribution in [-0.4, -0.2) is 17.4 Å². The molecule has 1 aliphatic heterocycles. The van der Waals surface area contributed by atoms with E-state index in [0.29, 0.717) is 27.0 Å². The number of carbonyl (C=O) groups is 2. The molecular formula is C19H22BrN3O2S. The predicted molar refractivity (Wildman–Crippen MR) is 109 cm³/mol. The molecule has 1 aromatic carbocycles. The molecule has 0 bridgehead atoms. The van der Waals surface area contributed by atoms with Crippen LogP contribution in [0.3, 0.4) is 0 Å². The third-order valence-corrected chi connectivity index (χ3v) is 6.60. The second-order valence-electron chi connectivity index (χ2n) is 7.72. The van der Waals surface area contributed by atoms with E-state index < -0.39 is 5.91 Å². The van der Waals surface area contributed by atoms with Crippen molar-refractivity contribution in [3.8, 4) is 0 Å². The van der Waals surface area contributed by atoms with Crippen molar-refractivity contribution in [1.82, 2.24) is 5.32 Å². The van der Waals surface area contributed by atoms with Crippen molar-refractivity contribution in [1.29, 1.82) is 0 Å². The molecule has 1 aromatic heterocycles. The Labute approximate surface area is 165 Å². The molecule has 5 nitrogen and oxygen atoms in total. The first kappa shape index (κ1) is 19.1. The molecule has 26 heavy (non-hydrogen) atoms. The molecule has 0 saturated heterocycles. The third kappa shape index (κ3) is 3.43. The standard InChI is InChI=1S/C19H22BrN3O2S/c1-18(2)9-11-13(15(21)24)17(26-14(11)19(3,4)23-18)22-16(25)10-7-5-6-8-12(10)20/h5-8,23H,9H2,1-4H3,(H2,21,24)(H,22,25). The van der Waals surface area contributed by atoms with Gasteiger partial charge in [0.2, 0.25) is 0 Å². The minimum absolute atomic E-state index is 0.175. The Morgan fingerprint density at radius 1 is 1.23 bits per heavy atom. The van der Waals surface area contributed by atoms with Gasteiger partial charge in [0.15, 0.2) is 0 Å². The Bertz CT molecular complexity index is 902. The summed E-state index contributed by atoms with van der Waals surface area (Å²) in [5.74, 6) is -0.790. The van der Waals surface area contributed by atoms with Crippen LogP contribution in [0.2, 0.25) is 0 Å². The van der Waals surface area contributed by atoms with E-state index in [1.165, 1.54) is 11.3 Å². The molecule has 0 atom stereocenters. The predicted octanol–water partition coefficient (Wildman–Crippen LogP) is 4.02. The fourth-order valence-electron chi connectivity index (χ4n) is 3.69. The van der Waals surface area contributed by atoms with Crippen LogP contribution in [0.15, 0.2) is 28.7 Å². The van der Waals surface area contributed by atoms with Crippen LogP contribution in [0.1, 0.15) is 58.9 Å². The Morgan fingerprint density at radius 2 is 1.88 bits per heavy atom. The molecule has 4 N–H and O–H groups in total. The SMILES string of the molecule is CC1(C)Cc2c(sc(NC(=O)c3ccccc3Br)c2C(N)=O)C(C)(C)N1. The van der Waals surface area contributed by atoms with Gasteiger partial charge < -0.3 is 16.4 Å². The molecule has 138 valence electrons. The summed E-state index contributed by atoms with van der Waals surface area (Å²) >= 11 is 4.80. The first-order chi connectivity index (χ1) is 12.0. The maximum atomic E-state index is 12.7. The fourth-order valence-corrected chi connectivity index (χ4v) is 5.43. The number of halogens is 1. The number of hydrogen-bond donors (Lipinski definition) is 3. The second-order valence-corrected chi connectivity index (χ2v) is 9.60. The van der Waals surface area contributed by atoms with Crippen molar-refractivity contribution in [3.63, 3.8) is 0 Å². The van der Waals surface area contributed by atoms with Crippen LogP contribution in [-0.2, 0) is 12.0 Å². The summed E-state index contributed by atoms with van der Waals surface area (Å²) in [5, 5.41) is 7.00. The van der Waals surface area contributed by atoms with E-state index in [2.05, 4.69) is 54.3 Å². The van der Waals surface area contributed by atoms with Crippen LogP contribution in [0.25, 0.3) is 0 Å². The second kappa shape index (κ2) is 6.48. The molecule has 3 rings (SSSR count). The first-order valence-corrected chi connectivity index (χ1v) is 9.94. The molecule has 0 spiro atoms. The lowest BCUT2D eigenvalue weighted by atomic mass is 9.81. The molecule has 0 radical (unpaired) electrons. The van der Waals surface area contributed by atoms with E-state index in [1.54, 1.807) is 18.2 Å². The highest BCUT2D eigenvalue weighted by atomic mass is 79.9.